The fourth-order valence-corrected chi connectivity index (χ4v) is 0.838. The van der Waals surface area contributed by atoms with E-state index in [1.807, 2.05) is 0 Å². The van der Waals surface area contributed by atoms with Crippen LogP contribution in [-0.4, -0.2) is 38.4 Å². The number of nitrogens with two attached hydrogens (primary N) is 2. The van der Waals surface area contributed by atoms with Crippen LogP contribution in [0.25, 0.3) is 0 Å². The largest absolute Gasteiger partial charge is 0.468 e. The molecule has 0 aliphatic heterocycles. The highest BCUT2D eigenvalue weighted by Gasteiger charge is 2.11. The highest BCUT2D eigenvalue weighted by atomic mass is 16.5. The molecule has 0 aromatic carbocycles. The molecular weight excluding hydrogens is 170 g/mol. The summed E-state index contributed by atoms with van der Waals surface area (Å²) in [7, 11) is 1.33. The first kappa shape index (κ1) is 12.1. The van der Waals surface area contributed by atoms with Crippen LogP contribution in [0.1, 0.15) is 12.8 Å². The summed E-state index contributed by atoms with van der Waals surface area (Å²) in [6, 6.07) is -0.530. The molecule has 0 aromatic heterocycles. The van der Waals surface area contributed by atoms with Crippen LogP contribution in [0, 0.1) is 0 Å². The zero-order valence-corrected chi connectivity index (χ0v) is 7.90. The van der Waals surface area contributed by atoms with Gasteiger partial charge >= 0.3 is 5.97 Å². The van der Waals surface area contributed by atoms with E-state index in [0.29, 0.717) is 19.5 Å². The van der Waals surface area contributed by atoms with E-state index in [9.17, 15) is 4.79 Å². The zero-order valence-electron chi connectivity index (χ0n) is 7.90. The number of nitrogens with zero attached hydrogens (tertiary/aromatic N) is 1. The third-order valence-electron chi connectivity index (χ3n) is 1.54. The fourth-order valence-electron chi connectivity index (χ4n) is 0.838. The molecule has 0 unspecified atom stereocenters. The van der Waals surface area contributed by atoms with Crippen molar-refractivity contribution >= 4 is 12.2 Å². The van der Waals surface area contributed by atoms with Gasteiger partial charge in [0.05, 0.1) is 7.11 Å². The van der Waals surface area contributed by atoms with Crippen molar-refractivity contribution in [2.45, 2.75) is 18.9 Å². The van der Waals surface area contributed by atoms with Gasteiger partial charge in [0.1, 0.15) is 6.04 Å². The minimum Gasteiger partial charge on any atom is -0.468 e. The van der Waals surface area contributed by atoms with Crippen LogP contribution in [0.3, 0.4) is 0 Å². The Kier molecular flexibility index (Phi) is 7.14. The molecule has 0 radical (unpaired) electrons. The van der Waals surface area contributed by atoms with Crippen LogP contribution >= 0.6 is 0 Å². The first-order valence-electron chi connectivity index (χ1n) is 4.24. The smallest absolute Gasteiger partial charge is 0.322 e. The topological polar surface area (TPSA) is 90.7 Å². The van der Waals surface area contributed by atoms with Gasteiger partial charge in [0.15, 0.2) is 0 Å². The van der Waals surface area contributed by atoms with E-state index in [4.69, 9.17) is 11.5 Å². The summed E-state index contributed by atoms with van der Waals surface area (Å²) in [6.45, 7) is 1.10. The predicted molar refractivity (Wildman–Crippen MR) is 51.6 cm³/mol. The van der Waals surface area contributed by atoms with Gasteiger partial charge in [-0.1, -0.05) is 0 Å². The second-order valence-electron chi connectivity index (χ2n) is 2.60. The molecule has 5 nitrogen and oxygen atoms in total. The molecule has 0 bridgehead atoms. The Labute approximate surface area is 78.1 Å². The van der Waals surface area contributed by atoms with E-state index in [1.54, 1.807) is 6.21 Å². The van der Waals surface area contributed by atoms with Crippen molar-refractivity contribution in [2.75, 3.05) is 20.2 Å². The van der Waals surface area contributed by atoms with Crippen LogP contribution in [0.2, 0.25) is 0 Å². The molecule has 13 heavy (non-hydrogen) atoms. The minimum atomic E-state index is -0.530. The standard InChI is InChI=1S/C8H17N3O2/c1-13-8(12)7(10)3-2-5-11-6-4-9/h6-7H,2-5,9-10H2,1H3/t7-/m0/s1. The summed E-state index contributed by atoms with van der Waals surface area (Å²) in [5, 5.41) is 0. The van der Waals surface area contributed by atoms with E-state index in [2.05, 4.69) is 9.73 Å². The lowest BCUT2D eigenvalue weighted by Crippen LogP contribution is -2.31. The minimum absolute atomic E-state index is 0.372. The molecule has 5 heteroatoms. The van der Waals surface area contributed by atoms with E-state index >= 15 is 0 Å². The Morgan fingerprint density at radius 2 is 2.38 bits per heavy atom. The van der Waals surface area contributed by atoms with Crippen molar-refractivity contribution in [3.8, 4) is 0 Å². The number of ether oxygens (including phenoxy) is 1. The van der Waals surface area contributed by atoms with Gasteiger partial charge in [0.25, 0.3) is 0 Å². The van der Waals surface area contributed by atoms with Crippen molar-refractivity contribution in [3.05, 3.63) is 0 Å². The van der Waals surface area contributed by atoms with E-state index in [-0.39, 0.29) is 5.97 Å². The van der Waals surface area contributed by atoms with Crippen molar-refractivity contribution < 1.29 is 9.53 Å². The van der Waals surface area contributed by atoms with Gasteiger partial charge in [-0.2, -0.15) is 0 Å². The van der Waals surface area contributed by atoms with E-state index in [1.165, 1.54) is 7.11 Å². The molecule has 0 amide bonds. The second kappa shape index (κ2) is 7.70. The lowest BCUT2D eigenvalue weighted by Gasteiger charge is -2.06. The summed E-state index contributed by atoms with van der Waals surface area (Å²) in [4.78, 5) is 14.8. The van der Waals surface area contributed by atoms with Crippen molar-refractivity contribution in [2.24, 2.45) is 16.5 Å². The number of rotatable bonds is 6. The number of esters is 1. The molecule has 0 aliphatic rings. The Balaban J connectivity index is 3.42. The maximum absolute atomic E-state index is 10.8. The summed E-state index contributed by atoms with van der Waals surface area (Å²) in [6.07, 6.45) is 3.00. The van der Waals surface area contributed by atoms with Crippen LogP contribution in [0.5, 0.6) is 0 Å². The van der Waals surface area contributed by atoms with E-state index < -0.39 is 6.04 Å². The fraction of sp³-hybridized carbons (Fsp3) is 0.750. The summed E-state index contributed by atoms with van der Waals surface area (Å²) in [5.41, 5.74) is 10.7. The monoisotopic (exact) mass is 187 g/mol. The molecule has 1 atom stereocenters. The lowest BCUT2D eigenvalue weighted by atomic mass is 10.2. The van der Waals surface area contributed by atoms with Crippen LogP contribution in [-0.2, 0) is 9.53 Å². The molecule has 0 fully saturated rings. The Morgan fingerprint density at radius 1 is 1.69 bits per heavy atom. The van der Waals surface area contributed by atoms with Gasteiger partial charge in [-0.05, 0) is 12.8 Å². The predicted octanol–water partition coefficient (Wildman–Crippen LogP) is -0.704. The maximum Gasteiger partial charge on any atom is 0.322 e. The molecular formula is C8H17N3O2. The highest BCUT2D eigenvalue weighted by molar-refractivity contribution is 5.75. The zero-order chi connectivity index (χ0) is 10.1. The Hall–Kier alpha value is -0.940. The number of carbonyl (C=O) groups excluding carboxylic acids is 1. The first-order chi connectivity index (χ1) is 6.22. The van der Waals surface area contributed by atoms with Crippen molar-refractivity contribution in [3.63, 3.8) is 0 Å². The number of hydrogen-bond acceptors (Lipinski definition) is 5. The molecule has 0 saturated heterocycles. The SMILES string of the molecule is COC(=O)[C@@H](N)CCCN=CCN. The first-order valence-corrected chi connectivity index (χ1v) is 4.24. The van der Waals surface area contributed by atoms with Crippen molar-refractivity contribution in [1.29, 1.82) is 0 Å². The molecule has 0 heterocycles. The normalized spacial score (nSPS) is 13.2. The third-order valence-corrected chi connectivity index (χ3v) is 1.54. The highest BCUT2D eigenvalue weighted by Crippen LogP contribution is 1.96. The molecule has 0 aliphatic carbocycles. The van der Waals surface area contributed by atoms with Crippen LogP contribution in [0.15, 0.2) is 4.99 Å². The van der Waals surface area contributed by atoms with Gasteiger partial charge in [-0.3, -0.25) is 9.79 Å². The van der Waals surface area contributed by atoms with Gasteiger partial charge in [0, 0.05) is 19.3 Å². The second-order valence-corrected chi connectivity index (χ2v) is 2.60. The van der Waals surface area contributed by atoms with E-state index in [0.717, 1.165) is 6.42 Å². The van der Waals surface area contributed by atoms with Crippen LogP contribution < -0.4 is 11.5 Å². The van der Waals surface area contributed by atoms with Crippen molar-refractivity contribution in [1.82, 2.24) is 0 Å². The molecule has 0 spiro atoms. The molecule has 0 rings (SSSR count). The Morgan fingerprint density at radius 3 is 2.92 bits per heavy atom. The quantitative estimate of drug-likeness (QED) is 0.327. The lowest BCUT2D eigenvalue weighted by molar-refractivity contribution is -0.142. The van der Waals surface area contributed by atoms with Gasteiger partial charge in [-0.15, -0.1) is 0 Å². The molecule has 0 saturated carbocycles. The number of hydrogen-bond donors (Lipinski definition) is 2. The average Bonchev–Trinajstić information content (AvgIpc) is 2.16. The molecule has 0 aromatic rings. The van der Waals surface area contributed by atoms with Gasteiger partial charge < -0.3 is 16.2 Å². The molecule has 4 N–H and O–H groups in total. The van der Waals surface area contributed by atoms with Gasteiger partial charge in [-0.25, -0.2) is 0 Å². The maximum atomic E-state index is 10.8. The molecule has 76 valence electrons. The number of aliphatic imine (C=N–C) groups is 1. The van der Waals surface area contributed by atoms with Crippen LogP contribution in [0.4, 0.5) is 0 Å². The summed E-state index contributed by atoms with van der Waals surface area (Å²) >= 11 is 0. The number of methoxy groups -OCH3 is 1. The average molecular weight is 187 g/mol. The third kappa shape index (κ3) is 6.24. The number of carbonyl (C=O) groups is 1. The Bertz CT molecular complexity index is 171. The van der Waals surface area contributed by atoms with Gasteiger partial charge in [0.2, 0.25) is 0 Å². The summed E-state index contributed by atoms with van der Waals surface area (Å²) in [5.74, 6) is -0.372. The summed E-state index contributed by atoms with van der Waals surface area (Å²) < 4.78 is 4.47.